The van der Waals surface area contributed by atoms with Crippen molar-refractivity contribution in [2.75, 3.05) is 24.7 Å². The summed E-state index contributed by atoms with van der Waals surface area (Å²) in [6, 6.07) is 14.1. The standard InChI is InChI=1S/C16H20N2O/c1-12-6-5-8-14(16(12)17)18-11-10-13-7-3-4-9-15(13)19-2/h3-9,18H,10-11,17H2,1-2H3. The predicted octanol–water partition coefficient (Wildman–Crippen LogP) is 3.24. The second-order valence-corrected chi connectivity index (χ2v) is 4.52. The lowest BCUT2D eigenvalue weighted by Gasteiger charge is -2.12. The van der Waals surface area contributed by atoms with Crippen LogP contribution in [0.1, 0.15) is 11.1 Å². The summed E-state index contributed by atoms with van der Waals surface area (Å²) >= 11 is 0. The van der Waals surface area contributed by atoms with Gasteiger partial charge in [0, 0.05) is 6.54 Å². The summed E-state index contributed by atoms with van der Waals surface area (Å²) < 4.78 is 5.34. The van der Waals surface area contributed by atoms with Crippen LogP contribution in [0.2, 0.25) is 0 Å². The Morgan fingerprint density at radius 2 is 1.89 bits per heavy atom. The van der Waals surface area contributed by atoms with E-state index in [4.69, 9.17) is 10.5 Å². The lowest BCUT2D eigenvalue weighted by molar-refractivity contribution is 0.410. The topological polar surface area (TPSA) is 47.3 Å². The van der Waals surface area contributed by atoms with Gasteiger partial charge in [0.15, 0.2) is 0 Å². The van der Waals surface area contributed by atoms with Crippen LogP contribution in [0.5, 0.6) is 5.75 Å². The molecule has 0 saturated carbocycles. The van der Waals surface area contributed by atoms with Crippen LogP contribution in [-0.2, 0) is 6.42 Å². The summed E-state index contributed by atoms with van der Waals surface area (Å²) in [6.07, 6.45) is 0.900. The van der Waals surface area contributed by atoms with Crippen molar-refractivity contribution < 1.29 is 4.74 Å². The van der Waals surface area contributed by atoms with Gasteiger partial charge in [-0.2, -0.15) is 0 Å². The summed E-state index contributed by atoms with van der Waals surface area (Å²) in [5.74, 6) is 0.932. The van der Waals surface area contributed by atoms with Crippen molar-refractivity contribution >= 4 is 11.4 Å². The van der Waals surface area contributed by atoms with Crippen molar-refractivity contribution in [2.24, 2.45) is 0 Å². The number of para-hydroxylation sites is 2. The molecule has 0 aromatic heterocycles. The van der Waals surface area contributed by atoms with Gasteiger partial charge in [-0.05, 0) is 36.6 Å². The van der Waals surface area contributed by atoms with E-state index in [2.05, 4.69) is 11.4 Å². The zero-order valence-electron chi connectivity index (χ0n) is 11.4. The Morgan fingerprint density at radius 1 is 1.11 bits per heavy atom. The highest BCUT2D eigenvalue weighted by Gasteiger charge is 2.03. The van der Waals surface area contributed by atoms with Gasteiger partial charge in [0.25, 0.3) is 0 Å². The van der Waals surface area contributed by atoms with Crippen LogP contribution in [0.3, 0.4) is 0 Å². The summed E-state index contributed by atoms with van der Waals surface area (Å²) in [6.45, 7) is 2.84. The molecule has 2 aromatic carbocycles. The number of rotatable bonds is 5. The lowest BCUT2D eigenvalue weighted by atomic mass is 10.1. The van der Waals surface area contributed by atoms with Crippen molar-refractivity contribution in [1.29, 1.82) is 0 Å². The molecule has 0 amide bonds. The van der Waals surface area contributed by atoms with Gasteiger partial charge >= 0.3 is 0 Å². The second kappa shape index (κ2) is 6.14. The van der Waals surface area contributed by atoms with Crippen LogP contribution in [0.25, 0.3) is 0 Å². The zero-order valence-corrected chi connectivity index (χ0v) is 11.4. The molecule has 2 aromatic rings. The van der Waals surface area contributed by atoms with Crippen molar-refractivity contribution in [1.82, 2.24) is 0 Å². The molecule has 0 bridgehead atoms. The van der Waals surface area contributed by atoms with E-state index in [0.29, 0.717) is 0 Å². The van der Waals surface area contributed by atoms with Gasteiger partial charge in [0.1, 0.15) is 5.75 Å². The van der Waals surface area contributed by atoms with Gasteiger partial charge in [-0.3, -0.25) is 0 Å². The molecule has 0 saturated heterocycles. The van der Waals surface area contributed by atoms with Gasteiger partial charge in [0.2, 0.25) is 0 Å². The van der Waals surface area contributed by atoms with E-state index in [1.165, 1.54) is 5.56 Å². The van der Waals surface area contributed by atoms with Crippen LogP contribution in [0.4, 0.5) is 11.4 Å². The molecule has 100 valence electrons. The first-order valence-corrected chi connectivity index (χ1v) is 6.43. The molecule has 0 radical (unpaired) electrons. The lowest BCUT2D eigenvalue weighted by Crippen LogP contribution is -2.08. The zero-order chi connectivity index (χ0) is 13.7. The maximum Gasteiger partial charge on any atom is 0.122 e. The van der Waals surface area contributed by atoms with Gasteiger partial charge in [-0.1, -0.05) is 30.3 Å². The Hall–Kier alpha value is -2.16. The molecular weight excluding hydrogens is 236 g/mol. The molecular formula is C16H20N2O. The highest BCUT2D eigenvalue weighted by Crippen LogP contribution is 2.22. The molecule has 19 heavy (non-hydrogen) atoms. The third-order valence-electron chi connectivity index (χ3n) is 3.23. The van der Waals surface area contributed by atoms with E-state index in [9.17, 15) is 0 Å². The number of nitrogens with one attached hydrogen (secondary N) is 1. The van der Waals surface area contributed by atoms with Crippen LogP contribution in [-0.4, -0.2) is 13.7 Å². The molecule has 2 rings (SSSR count). The van der Waals surface area contributed by atoms with E-state index in [0.717, 1.165) is 35.7 Å². The first-order valence-electron chi connectivity index (χ1n) is 6.43. The van der Waals surface area contributed by atoms with Gasteiger partial charge in [-0.15, -0.1) is 0 Å². The number of hydrogen-bond acceptors (Lipinski definition) is 3. The molecule has 3 nitrogen and oxygen atoms in total. The average Bonchev–Trinajstić information content (AvgIpc) is 2.44. The SMILES string of the molecule is COc1ccccc1CCNc1cccc(C)c1N. The number of hydrogen-bond donors (Lipinski definition) is 2. The summed E-state index contributed by atoms with van der Waals surface area (Å²) in [5, 5.41) is 3.37. The fraction of sp³-hybridized carbons (Fsp3) is 0.250. The monoisotopic (exact) mass is 256 g/mol. The van der Waals surface area contributed by atoms with Crippen LogP contribution in [0, 0.1) is 6.92 Å². The van der Waals surface area contributed by atoms with E-state index >= 15 is 0 Å². The predicted molar refractivity (Wildman–Crippen MR) is 80.8 cm³/mol. The van der Waals surface area contributed by atoms with Crippen LogP contribution >= 0.6 is 0 Å². The summed E-state index contributed by atoms with van der Waals surface area (Å²) in [5.41, 5.74) is 10.1. The maximum absolute atomic E-state index is 6.03. The van der Waals surface area contributed by atoms with E-state index in [1.807, 2.05) is 43.3 Å². The summed E-state index contributed by atoms with van der Waals surface area (Å²) in [7, 11) is 1.70. The molecule has 0 atom stereocenters. The minimum Gasteiger partial charge on any atom is -0.496 e. The second-order valence-electron chi connectivity index (χ2n) is 4.52. The normalized spacial score (nSPS) is 10.2. The number of anilines is 2. The molecule has 0 aliphatic heterocycles. The number of nitrogen functional groups attached to an aromatic ring is 1. The first kappa shape index (κ1) is 13.3. The van der Waals surface area contributed by atoms with Crippen molar-refractivity contribution in [3.05, 3.63) is 53.6 Å². The molecule has 3 N–H and O–H groups in total. The highest BCUT2D eigenvalue weighted by atomic mass is 16.5. The molecule has 0 fully saturated rings. The Bertz CT molecular complexity index is 552. The summed E-state index contributed by atoms with van der Waals surface area (Å²) in [4.78, 5) is 0. The molecule has 0 heterocycles. The number of methoxy groups -OCH3 is 1. The van der Waals surface area contributed by atoms with Gasteiger partial charge in [0.05, 0.1) is 18.5 Å². The Kier molecular flexibility index (Phi) is 4.29. The fourth-order valence-electron chi connectivity index (χ4n) is 2.08. The van der Waals surface area contributed by atoms with Crippen LogP contribution in [0.15, 0.2) is 42.5 Å². The third-order valence-corrected chi connectivity index (χ3v) is 3.23. The van der Waals surface area contributed by atoms with E-state index in [-0.39, 0.29) is 0 Å². The largest absolute Gasteiger partial charge is 0.496 e. The van der Waals surface area contributed by atoms with E-state index in [1.54, 1.807) is 7.11 Å². The van der Waals surface area contributed by atoms with Crippen molar-refractivity contribution in [3.63, 3.8) is 0 Å². The van der Waals surface area contributed by atoms with Crippen LogP contribution < -0.4 is 15.8 Å². The minimum atomic E-state index is 0.822. The molecule has 0 aliphatic rings. The highest BCUT2D eigenvalue weighted by molar-refractivity contribution is 5.69. The smallest absolute Gasteiger partial charge is 0.122 e. The molecule has 3 heteroatoms. The van der Waals surface area contributed by atoms with Crippen molar-refractivity contribution in [3.8, 4) is 5.75 Å². The van der Waals surface area contributed by atoms with E-state index < -0.39 is 0 Å². The molecule has 0 aliphatic carbocycles. The Morgan fingerprint density at radius 3 is 2.68 bits per heavy atom. The maximum atomic E-state index is 6.03. The number of benzene rings is 2. The molecule has 0 spiro atoms. The minimum absolute atomic E-state index is 0.822. The Balaban J connectivity index is 1.98. The van der Waals surface area contributed by atoms with Gasteiger partial charge < -0.3 is 15.8 Å². The first-order chi connectivity index (χ1) is 9.22. The number of aryl methyl sites for hydroxylation is 1. The third kappa shape index (κ3) is 3.19. The van der Waals surface area contributed by atoms with Crippen molar-refractivity contribution in [2.45, 2.75) is 13.3 Å². The number of ether oxygens (including phenoxy) is 1. The van der Waals surface area contributed by atoms with Gasteiger partial charge in [-0.25, -0.2) is 0 Å². The Labute approximate surface area is 114 Å². The molecule has 0 unspecified atom stereocenters. The quantitative estimate of drug-likeness (QED) is 0.807. The average molecular weight is 256 g/mol. The fourth-order valence-corrected chi connectivity index (χ4v) is 2.08. The number of nitrogens with two attached hydrogens (primary N) is 1.